The molecule has 1 aliphatic carbocycles. The number of halogens is 1. The topological polar surface area (TPSA) is 49.3 Å². The lowest BCUT2D eigenvalue weighted by molar-refractivity contribution is 0.614. The fourth-order valence-electron chi connectivity index (χ4n) is 2.74. The first-order chi connectivity index (χ1) is 10.7. The smallest absolute Gasteiger partial charge is 0.191 e. The van der Waals surface area contributed by atoms with E-state index >= 15 is 0 Å². The Bertz CT molecular complexity index is 478. The minimum Gasteiger partial charge on any atom is -0.357 e. The molecule has 2 rings (SSSR count). The summed E-state index contributed by atoms with van der Waals surface area (Å²) in [4.78, 5) is 9.22. The van der Waals surface area contributed by atoms with E-state index in [1.54, 1.807) is 11.3 Å². The monoisotopic (exact) mass is 468 g/mol. The molecule has 23 heavy (non-hydrogen) atoms. The van der Waals surface area contributed by atoms with E-state index in [1.165, 1.54) is 24.3 Å². The van der Waals surface area contributed by atoms with Crippen molar-refractivity contribution < 1.29 is 0 Å². The van der Waals surface area contributed by atoms with Crippen LogP contribution >= 0.6 is 47.1 Å². The van der Waals surface area contributed by atoms with Gasteiger partial charge in [0, 0.05) is 41.9 Å². The van der Waals surface area contributed by atoms with Crippen LogP contribution in [0.1, 0.15) is 43.3 Å². The molecule has 1 aromatic heterocycles. The van der Waals surface area contributed by atoms with Crippen molar-refractivity contribution in [3.05, 3.63) is 16.1 Å². The maximum Gasteiger partial charge on any atom is 0.191 e. The van der Waals surface area contributed by atoms with E-state index in [0.29, 0.717) is 6.04 Å². The molecule has 1 aromatic rings. The molecule has 2 unspecified atom stereocenters. The highest BCUT2D eigenvalue weighted by Gasteiger charge is 2.24. The van der Waals surface area contributed by atoms with Crippen LogP contribution in [0.3, 0.4) is 0 Å². The Morgan fingerprint density at radius 1 is 1.48 bits per heavy atom. The highest BCUT2D eigenvalue weighted by molar-refractivity contribution is 14.0. The van der Waals surface area contributed by atoms with Gasteiger partial charge in [0.05, 0.1) is 5.01 Å². The van der Waals surface area contributed by atoms with E-state index in [2.05, 4.69) is 41.1 Å². The summed E-state index contributed by atoms with van der Waals surface area (Å²) in [5.74, 6) is 0.976. The van der Waals surface area contributed by atoms with Crippen molar-refractivity contribution in [1.29, 1.82) is 0 Å². The molecule has 0 bridgehead atoms. The van der Waals surface area contributed by atoms with E-state index in [4.69, 9.17) is 4.99 Å². The summed E-state index contributed by atoms with van der Waals surface area (Å²) in [6.45, 7) is 5.94. The van der Waals surface area contributed by atoms with Gasteiger partial charge in [0.2, 0.25) is 0 Å². The Hall–Kier alpha value is -0.0200. The highest BCUT2D eigenvalue weighted by Crippen LogP contribution is 2.27. The van der Waals surface area contributed by atoms with Crippen LogP contribution in [0.5, 0.6) is 0 Å². The zero-order valence-electron chi connectivity index (χ0n) is 14.3. The Kier molecular flexibility index (Phi) is 10.5. The van der Waals surface area contributed by atoms with Crippen molar-refractivity contribution in [3.63, 3.8) is 0 Å². The van der Waals surface area contributed by atoms with Gasteiger partial charge in [-0.1, -0.05) is 0 Å². The molecule has 0 aromatic carbocycles. The van der Waals surface area contributed by atoms with Crippen molar-refractivity contribution >= 4 is 53.0 Å². The number of guanidine groups is 1. The number of rotatable bonds is 7. The number of nitrogens with zero attached hydrogens (tertiary/aromatic N) is 2. The van der Waals surface area contributed by atoms with Crippen LogP contribution < -0.4 is 10.6 Å². The standard InChI is InChI=1S/C16H28N4S2.HI/c1-4-17-16(20-13-7-8-14(10-13)21-3)18-9-5-6-15-19-12(2)11-22-15;/h11,13-14H,4-10H2,1-3H3,(H2,17,18,20);1H. The number of thioether (sulfide) groups is 1. The predicted octanol–water partition coefficient (Wildman–Crippen LogP) is 3.84. The lowest BCUT2D eigenvalue weighted by atomic mass is 10.2. The first-order valence-corrected chi connectivity index (χ1v) is 10.4. The van der Waals surface area contributed by atoms with E-state index in [-0.39, 0.29) is 24.0 Å². The maximum atomic E-state index is 4.71. The molecule has 132 valence electrons. The summed E-state index contributed by atoms with van der Waals surface area (Å²) >= 11 is 3.75. The van der Waals surface area contributed by atoms with Crippen molar-refractivity contribution in [2.75, 3.05) is 19.3 Å². The predicted molar refractivity (Wildman–Crippen MR) is 115 cm³/mol. The van der Waals surface area contributed by atoms with E-state index in [0.717, 1.165) is 42.8 Å². The zero-order chi connectivity index (χ0) is 15.8. The van der Waals surface area contributed by atoms with E-state index < -0.39 is 0 Å². The van der Waals surface area contributed by atoms with Gasteiger partial charge in [-0.25, -0.2) is 4.98 Å². The van der Waals surface area contributed by atoms with Crippen LogP contribution in [0.15, 0.2) is 10.4 Å². The van der Waals surface area contributed by atoms with Crippen molar-refractivity contribution in [2.24, 2.45) is 4.99 Å². The number of hydrogen-bond acceptors (Lipinski definition) is 4. The van der Waals surface area contributed by atoms with Gasteiger partial charge in [-0.05, 0) is 45.8 Å². The molecule has 2 N–H and O–H groups in total. The Labute approximate surface area is 165 Å². The van der Waals surface area contributed by atoms with Crippen LogP contribution in [0.4, 0.5) is 0 Å². The van der Waals surface area contributed by atoms with Crippen molar-refractivity contribution in [1.82, 2.24) is 15.6 Å². The molecule has 1 saturated carbocycles. The minimum absolute atomic E-state index is 0. The van der Waals surface area contributed by atoms with Crippen LogP contribution in [0.2, 0.25) is 0 Å². The molecule has 7 heteroatoms. The third-order valence-electron chi connectivity index (χ3n) is 3.89. The molecule has 0 amide bonds. The first kappa shape index (κ1) is 21.0. The molecule has 1 fully saturated rings. The fourth-order valence-corrected chi connectivity index (χ4v) is 4.35. The van der Waals surface area contributed by atoms with Gasteiger partial charge in [0.25, 0.3) is 0 Å². The molecule has 2 atom stereocenters. The molecule has 1 aliphatic rings. The largest absolute Gasteiger partial charge is 0.357 e. The van der Waals surface area contributed by atoms with Crippen LogP contribution in [-0.2, 0) is 6.42 Å². The molecule has 4 nitrogen and oxygen atoms in total. The summed E-state index contributed by atoms with van der Waals surface area (Å²) < 4.78 is 0. The van der Waals surface area contributed by atoms with Gasteiger partial charge in [0.1, 0.15) is 0 Å². The van der Waals surface area contributed by atoms with Gasteiger partial charge in [-0.15, -0.1) is 35.3 Å². The lowest BCUT2D eigenvalue weighted by Gasteiger charge is -2.17. The first-order valence-electron chi connectivity index (χ1n) is 8.20. The molecule has 1 heterocycles. The van der Waals surface area contributed by atoms with Gasteiger partial charge in [-0.2, -0.15) is 11.8 Å². The second kappa shape index (κ2) is 11.5. The number of nitrogens with one attached hydrogen (secondary N) is 2. The second-order valence-electron chi connectivity index (χ2n) is 5.76. The normalized spacial score (nSPS) is 21.1. The van der Waals surface area contributed by atoms with Gasteiger partial charge in [0.15, 0.2) is 5.96 Å². The quantitative estimate of drug-likeness (QED) is 0.276. The number of thiazole rings is 1. The molecule has 0 radical (unpaired) electrons. The van der Waals surface area contributed by atoms with E-state index in [9.17, 15) is 0 Å². The number of aliphatic imine (C=N–C) groups is 1. The van der Waals surface area contributed by atoms with Gasteiger partial charge < -0.3 is 10.6 Å². The lowest BCUT2D eigenvalue weighted by Crippen LogP contribution is -2.42. The molecule has 0 saturated heterocycles. The Balaban J connectivity index is 0.00000264. The third-order valence-corrected chi connectivity index (χ3v) is 6.01. The van der Waals surface area contributed by atoms with Gasteiger partial charge in [-0.3, -0.25) is 4.99 Å². The Morgan fingerprint density at radius 3 is 2.91 bits per heavy atom. The number of aryl methyl sites for hydroxylation is 2. The van der Waals surface area contributed by atoms with Gasteiger partial charge >= 0.3 is 0 Å². The summed E-state index contributed by atoms with van der Waals surface area (Å²) in [7, 11) is 0. The third kappa shape index (κ3) is 7.60. The number of hydrogen-bond donors (Lipinski definition) is 2. The van der Waals surface area contributed by atoms with Crippen LogP contribution in [0.25, 0.3) is 0 Å². The second-order valence-corrected chi connectivity index (χ2v) is 7.84. The molecule has 0 aliphatic heterocycles. The van der Waals surface area contributed by atoms with Crippen LogP contribution in [0, 0.1) is 6.92 Å². The summed E-state index contributed by atoms with van der Waals surface area (Å²) in [5.41, 5.74) is 1.13. The zero-order valence-corrected chi connectivity index (χ0v) is 18.3. The SMILES string of the molecule is CCNC(=NCCCc1nc(C)cs1)NC1CCC(SC)C1.I. The highest BCUT2D eigenvalue weighted by atomic mass is 127. The van der Waals surface area contributed by atoms with Crippen molar-refractivity contribution in [2.45, 2.75) is 57.2 Å². The fraction of sp³-hybridized carbons (Fsp3) is 0.750. The van der Waals surface area contributed by atoms with Crippen LogP contribution in [-0.4, -0.2) is 41.6 Å². The molecular weight excluding hydrogens is 439 g/mol. The summed E-state index contributed by atoms with van der Waals surface area (Å²) in [6.07, 6.45) is 8.13. The van der Waals surface area contributed by atoms with Crippen molar-refractivity contribution in [3.8, 4) is 0 Å². The van der Waals surface area contributed by atoms with E-state index in [1.807, 2.05) is 11.8 Å². The average Bonchev–Trinajstić information content (AvgIpc) is 3.12. The minimum atomic E-state index is 0. The number of aromatic nitrogens is 1. The average molecular weight is 468 g/mol. The molecular formula is C16H29IN4S2. The molecule has 0 spiro atoms. The Morgan fingerprint density at radius 2 is 2.30 bits per heavy atom. The maximum absolute atomic E-state index is 4.71. The summed E-state index contributed by atoms with van der Waals surface area (Å²) in [5, 5.41) is 11.1. The summed E-state index contributed by atoms with van der Waals surface area (Å²) in [6, 6.07) is 0.580.